The summed E-state index contributed by atoms with van der Waals surface area (Å²) in [5.74, 6) is 1.79. The van der Waals surface area contributed by atoms with Crippen LogP contribution in [-0.4, -0.2) is 15.9 Å². The highest BCUT2D eigenvalue weighted by Gasteiger charge is 2.19. The first-order valence-electron chi connectivity index (χ1n) is 5.39. The van der Waals surface area contributed by atoms with Crippen molar-refractivity contribution in [1.29, 1.82) is 0 Å². The Morgan fingerprint density at radius 1 is 1.36 bits per heavy atom. The first-order valence-corrected chi connectivity index (χ1v) is 5.39. The van der Waals surface area contributed by atoms with Crippen LogP contribution in [0.5, 0.6) is 5.75 Å². The van der Waals surface area contributed by atoms with Crippen molar-refractivity contribution in [2.24, 2.45) is 13.0 Å². The van der Waals surface area contributed by atoms with Crippen molar-refractivity contribution in [3.05, 3.63) is 12.4 Å². The molecule has 1 heterocycles. The zero-order valence-corrected chi connectivity index (χ0v) is 8.94. The minimum absolute atomic E-state index is 0.412. The summed E-state index contributed by atoms with van der Waals surface area (Å²) >= 11 is 0. The Morgan fingerprint density at radius 2 is 2.07 bits per heavy atom. The lowest BCUT2D eigenvalue weighted by atomic mass is 9.89. The van der Waals surface area contributed by atoms with Gasteiger partial charge >= 0.3 is 0 Å². The van der Waals surface area contributed by atoms with E-state index in [0.29, 0.717) is 6.10 Å². The molecule has 78 valence electrons. The molecule has 0 spiro atoms. The molecule has 0 unspecified atom stereocenters. The van der Waals surface area contributed by atoms with E-state index in [1.807, 2.05) is 13.2 Å². The van der Waals surface area contributed by atoms with Crippen LogP contribution in [0.1, 0.15) is 32.6 Å². The average molecular weight is 194 g/mol. The summed E-state index contributed by atoms with van der Waals surface area (Å²) in [6.07, 6.45) is 9.10. The zero-order chi connectivity index (χ0) is 9.97. The molecule has 0 atom stereocenters. The molecule has 0 saturated heterocycles. The molecule has 0 aromatic carbocycles. The standard InChI is InChI=1S/C11H18N2O/c1-9-3-5-10(6-4-9)14-11-7-12-13(2)8-11/h7-10H,3-6H2,1-2H3. The number of hydrogen-bond acceptors (Lipinski definition) is 2. The largest absolute Gasteiger partial charge is 0.487 e. The fraction of sp³-hybridized carbons (Fsp3) is 0.727. The Kier molecular flexibility index (Phi) is 2.75. The second kappa shape index (κ2) is 4.03. The molecular weight excluding hydrogens is 176 g/mol. The number of ether oxygens (including phenoxy) is 1. The van der Waals surface area contributed by atoms with E-state index in [-0.39, 0.29) is 0 Å². The van der Waals surface area contributed by atoms with Gasteiger partial charge in [0, 0.05) is 7.05 Å². The van der Waals surface area contributed by atoms with Crippen molar-refractivity contribution >= 4 is 0 Å². The number of aryl methyl sites for hydroxylation is 1. The molecule has 0 amide bonds. The molecule has 1 aliphatic rings. The van der Waals surface area contributed by atoms with Crippen molar-refractivity contribution in [1.82, 2.24) is 9.78 Å². The maximum atomic E-state index is 5.84. The predicted octanol–water partition coefficient (Wildman–Crippen LogP) is 2.38. The molecule has 1 fully saturated rings. The summed E-state index contributed by atoms with van der Waals surface area (Å²) < 4.78 is 7.62. The van der Waals surface area contributed by atoms with Gasteiger partial charge in [-0.05, 0) is 31.6 Å². The molecule has 1 aromatic heterocycles. The van der Waals surface area contributed by atoms with E-state index in [1.165, 1.54) is 25.7 Å². The quantitative estimate of drug-likeness (QED) is 0.722. The van der Waals surface area contributed by atoms with Crippen LogP contribution in [0, 0.1) is 5.92 Å². The van der Waals surface area contributed by atoms with Crippen LogP contribution in [0.4, 0.5) is 0 Å². The van der Waals surface area contributed by atoms with Gasteiger partial charge in [0.25, 0.3) is 0 Å². The highest BCUT2D eigenvalue weighted by Crippen LogP contribution is 2.26. The van der Waals surface area contributed by atoms with Gasteiger partial charge in [-0.15, -0.1) is 0 Å². The van der Waals surface area contributed by atoms with Gasteiger partial charge in [0.2, 0.25) is 0 Å². The smallest absolute Gasteiger partial charge is 0.157 e. The maximum absolute atomic E-state index is 5.84. The summed E-state index contributed by atoms with van der Waals surface area (Å²) in [6.45, 7) is 2.32. The molecular formula is C11H18N2O. The van der Waals surface area contributed by atoms with Gasteiger partial charge < -0.3 is 4.74 Å². The number of rotatable bonds is 2. The summed E-state index contributed by atoms with van der Waals surface area (Å²) in [7, 11) is 1.91. The van der Waals surface area contributed by atoms with Crippen LogP contribution in [-0.2, 0) is 7.05 Å². The van der Waals surface area contributed by atoms with E-state index in [9.17, 15) is 0 Å². The van der Waals surface area contributed by atoms with Crippen LogP contribution in [0.3, 0.4) is 0 Å². The first kappa shape index (κ1) is 9.56. The summed E-state index contributed by atoms with van der Waals surface area (Å²) in [4.78, 5) is 0. The Morgan fingerprint density at radius 3 is 2.64 bits per heavy atom. The van der Waals surface area contributed by atoms with Crippen molar-refractivity contribution in [3.8, 4) is 5.75 Å². The van der Waals surface area contributed by atoms with Gasteiger partial charge in [-0.1, -0.05) is 6.92 Å². The Balaban J connectivity index is 1.86. The molecule has 0 radical (unpaired) electrons. The van der Waals surface area contributed by atoms with Crippen molar-refractivity contribution in [2.75, 3.05) is 0 Å². The van der Waals surface area contributed by atoms with E-state index in [4.69, 9.17) is 4.74 Å². The maximum Gasteiger partial charge on any atom is 0.157 e. The Labute approximate surface area is 85.1 Å². The molecule has 3 heteroatoms. The molecule has 3 nitrogen and oxygen atoms in total. The fourth-order valence-electron chi connectivity index (χ4n) is 2.00. The third-order valence-electron chi connectivity index (χ3n) is 2.95. The van der Waals surface area contributed by atoms with E-state index in [2.05, 4.69) is 12.0 Å². The third-order valence-corrected chi connectivity index (χ3v) is 2.95. The highest BCUT2D eigenvalue weighted by molar-refractivity contribution is 5.11. The van der Waals surface area contributed by atoms with Crippen LogP contribution in [0.15, 0.2) is 12.4 Å². The minimum Gasteiger partial charge on any atom is -0.487 e. The molecule has 0 aliphatic heterocycles. The second-order valence-electron chi connectivity index (χ2n) is 4.35. The van der Waals surface area contributed by atoms with Gasteiger partial charge in [-0.3, -0.25) is 4.68 Å². The van der Waals surface area contributed by atoms with Crippen LogP contribution >= 0.6 is 0 Å². The van der Waals surface area contributed by atoms with Crippen LogP contribution in [0.25, 0.3) is 0 Å². The second-order valence-corrected chi connectivity index (χ2v) is 4.35. The lowest BCUT2D eigenvalue weighted by Gasteiger charge is -2.26. The van der Waals surface area contributed by atoms with Crippen molar-refractivity contribution in [2.45, 2.75) is 38.7 Å². The Hall–Kier alpha value is -0.990. The number of nitrogens with zero attached hydrogens (tertiary/aromatic N) is 2. The predicted molar refractivity (Wildman–Crippen MR) is 55.3 cm³/mol. The minimum atomic E-state index is 0.412. The fourth-order valence-corrected chi connectivity index (χ4v) is 2.00. The van der Waals surface area contributed by atoms with Gasteiger partial charge in [0.15, 0.2) is 5.75 Å². The Bertz CT molecular complexity index is 287. The lowest BCUT2D eigenvalue weighted by Crippen LogP contribution is -2.22. The van der Waals surface area contributed by atoms with E-state index in [1.54, 1.807) is 10.9 Å². The van der Waals surface area contributed by atoms with Crippen molar-refractivity contribution < 1.29 is 4.74 Å². The highest BCUT2D eigenvalue weighted by atomic mass is 16.5. The van der Waals surface area contributed by atoms with Gasteiger partial charge in [0.1, 0.15) is 0 Å². The number of aromatic nitrogens is 2. The summed E-state index contributed by atoms with van der Waals surface area (Å²) in [5.41, 5.74) is 0. The van der Waals surface area contributed by atoms with Crippen LogP contribution in [0.2, 0.25) is 0 Å². The zero-order valence-electron chi connectivity index (χ0n) is 8.94. The molecule has 0 N–H and O–H groups in total. The SMILES string of the molecule is CC1CCC(Oc2cnn(C)c2)CC1. The summed E-state index contributed by atoms with van der Waals surface area (Å²) in [6, 6.07) is 0. The third kappa shape index (κ3) is 2.28. The molecule has 14 heavy (non-hydrogen) atoms. The number of hydrogen-bond donors (Lipinski definition) is 0. The average Bonchev–Trinajstić information content (AvgIpc) is 2.56. The van der Waals surface area contributed by atoms with Crippen molar-refractivity contribution in [3.63, 3.8) is 0 Å². The normalized spacial score (nSPS) is 27.6. The molecule has 2 rings (SSSR count). The monoisotopic (exact) mass is 194 g/mol. The van der Waals surface area contributed by atoms with Gasteiger partial charge in [-0.2, -0.15) is 5.10 Å². The molecule has 1 aromatic rings. The van der Waals surface area contributed by atoms with E-state index in [0.717, 1.165) is 11.7 Å². The van der Waals surface area contributed by atoms with E-state index < -0.39 is 0 Å². The van der Waals surface area contributed by atoms with Gasteiger partial charge in [-0.25, -0.2) is 0 Å². The molecule has 1 saturated carbocycles. The first-order chi connectivity index (χ1) is 6.74. The topological polar surface area (TPSA) is 27.1 Å². The van der Waals surface area contributed by atoms with E-state index >= 15 is 0 Å². The van der Waals surface area contributed by atoms with Gasteiger partial charge in [0.05, 0.1) is 18.5 Å². The molecule has 1 aliphatic carbocycles. The summed E-state index contributed by atoms with van der Waals surface area (Å²) in [5, 5.41) is 4.09. The molecule has 0 bridgehead atoms. The van der Waals surface area contributed by atoms with Crippen LogP contribution < -0.4 is 4.74 Å². The lowest BCUT2D eigenvalue weighted by molar-refractivity contribution is 0.135.